The number of thioether (sulfide) groups is 1. The van der Waals surface area contributed by atoms with Gasteiger partial charge in [0.25, 0.3) is 0 Å². The molecule has 2 fully saturated rings. The predicted molar refractivity (Wildman–Crippen MR) is 127 cm³/mol. The molecule has 31 heavy (non-hydrogen) atoms. The van der Waals surface area contributed by atoms with Gasteiger partial charge in [-0.3, -0.25) is 4.90 Å². The van der Waals surface area contributed by atoms with Gasteiger partial charge < -0.3 is 9.64 Å². The van der Waals surface area contributed by atoms with Crippen LogP contribution < -0.4 is 4.90 Å². The van der Waals surface area contributed by atoms with Crippen LogP contribution in [-0.2, 0) is 4.74 Å². The van der Waals surface area contributed by atoms with Gasteiger partial charge in [0.15, 0.2) is 5.16 Å². The van der Waals surface area contributed by atoms with Gasteiger partial charge in [-0.2, -0.15) is 0 Å². The van der Waals surface area contributed by atoms with E-state index < -0.39 is 5.60 Å². The van der Waals surface area contributed by atoms with Gasteiger partial charge in [-0.15, -0.1) is 11.3 Å². The zero-order valence-electron chi connectivity index (χ0n) is 17.9. The molecule has 164 valence electrons. The number of aromatic nitrogens is 3. The summed E-state index contributed by atoms with van der Waals surface area (Å²) in [6, 6.07) is 2.22. The number of thiophene rings is 1. The van der Waals surface area contributed by atoms with Gasteiger partial charge in [-0.1, -0.05) is 23.4 Å². The Balaban J connectivity index is 1.54. The summed E-state index contributed by atoms with van der Waals surface area (Å²) in [5.74, 6) is 0.920. The molecule has 0 spiro atoms. The second-order valence-electron chi connectivity index (χ2n) is 8.97. The zero-order valence-corrected chi connectivity index (χ0v) is 20.3. The van der Waals surface area contributed by atoms with Crippen LogP contribution in [0.1, 0.15) is 33.6 Å². The van der Waals surface area contributed by atoms with Crippen LogP contribution >= 0.6 is 34.7 Å². The van der Waals surface area contributed by atoms with Crippen LogP contribution in [0.5, 0.6) is 0 Å². The van der Waals surface area contributed by atoms with Crippen molar-refractivity contribution in [2.45, 2.75) is 56.5 Å². The number of anilines is 1. The second kappa shape index (κ2) is 7.64. The molecule has 0 aliphatic carbocycles. The van der Waals surface area contributed by atoms with Crippen LogP contribution in [0.4, 0.5) is 10.6 Å². The number of halogens is 1. The van der Waals surface area contributed by atoms with Crippen molar-refractivity contribution >= 4 is 66.9 Å². The maximum Gasteiger partial charge on any atom is 0.410 e. The standard InChI is InChI=1S/C21H24ClN5O2S2/c1-21(2,3)29-20(28)27-11-5-6-12(27)10-26(9-11)17-14-13-7-8-23-16(22)15(13)31-18(14)25-19(24-17)30-4/h7-8,11-12H,5-6,9-10H2,1-4H3/t11-,12+. The van der Waals surface area contributed by atoms with Crippen molar-refractivity contribution in [3.8, 4) is 0 Å². The molecule has 5 rings (SSSR count). The molecule has 2 atom stereocenters. The fourth-order valence-electron chi connectivity index (χ4n) is 4.54. The van der Waals surface area contributed by atoms with Gasteiger partial charge >= 0.3 is 6.09 Å². The summed E-state index contributed by atoms with van der Waals surface area (Å²) in [6.07, 6.45) is 5.45. The maximum atomic E-state index is 12.8. The summed E-state index contributed by atoms with van der Waals surface area (Å²) in [6.45, 7) is 7.18. The number of carbonyl (C=O) groups is 1. The molecule has 3 aromatic rings. The summed E-state index contributed by atoms with van der Waals surface area (Å²) in [5, 5.41) is 3.28. The topological polar surface area (TPSA) is 71.5 Å². The molecule has 10 heteroatoms. The summed E-state index contributed by atoms with van der Waals surface area (Å²) in [5.41, 5.74) is -0.497. The first-order valence-corrected chi connectivity index (χ1v) is 12.7. The van der Waals surface area contributed by atoms with Crippen molar-refractivity contribution in [1.82, 2.24) is 19.9 Å². The molecule has 0 unspecified atom stereocenters. The van der Waals surface area contributed by atoms with Crippen LogP contribution in [0.2, 0.25) is 5.15 Å². The molecule has 7 nitrogen and oxygen atoms in total. The summed E-state index contributed by atoms with van der Waals surface area (Å²) in [4.78, 5) is 31.9. The number of amides is 1. The normalized spacial score (nSPS) is 21.3. The zero-order chi connectivity index (χ0) is 21.9. The first kappa shape index (κ1) is 21.0. The Kier molecular flexibility index (Phi) is 5.18. The average Bonchev–Trinajstić information content (AvgIpc) is 3.21. The fourth-order valence-corrected chi connectivity index (χ4v) is 6.28. The highest BCUT2D eigenvalue weighted by Gasteiger charge is 2.45. The van der Waals surface area contributed by atoms with E-state index in [9.17, 15) is 4.79 Å². The molecule has 3 aromatic heterocycles. The molecular formula is C21H24ClN5O2S2. The van der Waals surface area contributed by atoms with Gasteiger partial charge in [0.2, 0.25) is 0 Å². The number of carbonyl (C=O) groups excluding carboxylic acids is 1. The van der Waals surface area contributed by atoms with E-state index in [1.54, 1.807) is 17.5 Å². The molecule has 2 aliphatic heterocycles. The SMILES string of the molecule is CSc1nc(N2C[C@H]3CC[C@@H](C2)N3C(=O)OC(C)(C)C)c2c(n1)sc1c(Cl)nccc12. The number of ether oxygens (including phenoxy) is 1. The van der Waals surface area contributed by atoms with Crippen molar-refractivity contribution < 1.29 is 9.53 Å². The van der Waals surface area contributed by atoms with Crippen molar-refractivity contribution in [1.29, 1.82) is 0 Å². The minimum atomic E-state index is -0.497. The Morgan fingerprint density at radius 2 is 1.97 bits per heavy atom. The van der Waals surface area contributed by atoms with E-state index in [0.29, 0.717) is 5.15 Å². The number of pyridine rings is 1. The second-order valence-corrected chi connectivity index (χ2v) is 11.1. The molecule has 0 saturated carbocycles. The van der Waals surface area contributed by atoms with E-state index in [-0.39, 0.29) is 18.2 Å². The highest BCUT2D eigenvalue weighted by molar-refractivity contribution is 7.98. The predicted octanol–water partition coefficient (Wildman–Crippen LogP) is 5.20. The number of hydrogen-bond donors (Lipinski definition) is 0. The molecule has 1 amide bonds. The third kappa shape index (κ3) is 3.70. The minimum absolute atomic E-state index is 0.117. The van der Waals surface area contributed by atoms with Crippen molar-refractivity contribution in [3.63, 3.8) is 0 Å². The molecular weight excluding hydrogens is 454 g/mol. The molecule has 2 saturated heterocycles. The summed E-state index contributed by atoms with van der Waals surface area (Å²) < 4.78 is 6.62. The minimum Gasteiger partial charge on any atom is -0.444 e. The lowest BCUT2D eigenvalue weighted by Gasteiger charge is -2.42. The summed E-state index contributed by atoms with van der Waals surface area (Å²) in [7, 11) is 0. The Morgan fingerprint density at radius 1 is 1.26 bits per heavy atom. The van der Waals surface area contributed by atoms with E-state index in [0.717, 1.165) is 57.2 Å². The Morgan fingerprint density at radius 3 is 2.61 bits per heavy atom. The number of rotatable bonds is 2. The van der Waals surface area contributed by atoms with Gasteiger partial charge in [0, 0.05) is 24.7 Å². The quantitative estimate of drug-likeness (QED) is 0.285. The lowest BCUT2D eigenvalue weighted by molar-refractivity contribution is 0.0123. The van der Waals surface area contributed by atoms with Gasteiger partial charge in [0.1, 0.15) is 21.4 Å². The molecule has 2 aliphatic rings. The highest BCUT2D eigenvalue weighted by Crippen LogP contribution is 2.42. The molecule has 0 radical (unpaired) electrons. The Bertz CT molecular complexity index is 1160. The van der Waals surface area contributed by atoms with Crippen LogP contribution in [-0.4, -0.2) is 63.0 Å². The van der Waals surface area contributed by atoms with E-state index in [1.165, 1.54) is 11.8 Å². The van der Waals surface area contributed by atoms with E-state index >= 15 is 0 Å². The monoisotopic (exact) mass is 477 g/mol. The maximum absolute atomic E-state index is 12.8. The van der Waals surface area contributed by atoms with Gasteiger partial charge in [0.05, 0.1) is 22.2 Å². The van der Waals surface area contributed by atoms with Gasteiger partial charge in [-0.05, 0) is 45.9 Å². The Hall–Kier alpha value is -1.84. The summed E-state index contributed by atoms with van der Waals surface area (Å²) >= 11 is 9.46. The largest absolute Gasteiger partial charge is 0.444 e. The molecule has 2 bridgehead atoms. The lowest BCUT2D eigenvalue weighted by atomic mass is 10.1. The fraction of sp³-hybridized carbons (Fsp3) is 0.524. The average molecular weight is 478 g/mol. The first-order valence-electron chi connectivity index (χ1n) is 10.3. The van der Waals surface area contributed by atoms with E-state index in [2.05, 4.69) is 9.88 Å². The van der Waals surface area contributed by atoms with Crippen molar-refractivity contribution in [2.75, 3.05) is 24.2 Å². The third-order valence-electron chi connectivity index (χ3n) is 5.73. The van der Waals surface area contributed by atoms with Crippen molar-refractivity contribution in [3.05, 3.63) is 17.4 Å². The number of hydrogen-bond acceptors (Lipinski definition) is 8. The van der Waals surface area contributed by atoms with E-state index in [1.807, 2.05) is 38.0 Å². The number of nitrogens with zero attached hydrogens (tertiary/aromatic N) is 5. The molecule has 0 N–H and O–H groups in total. The van der Waals surface area contributed by atoms with Crippen LogP contribution in [0.15, 0.2) is 17.4 Å². The number of piperazine rings is 1. The lowest BCUT2D eigenvalue weighted by Crippen LogP contribution is -2.57. The van der Waals surface area contributed by atoms with Crippen molar-refractivity contribution in [2.24, 2.45) is 0 Å². The highest BCUT2D eigenvalue weighted by atomic mass is 35.5. The molecule has 5 heterocycles. The van der Waals surface area contributed by atoms with Crippen LogP contribution in [0.25, 0.3) is 20.3 Å². The van der Waals surface area contributed by atoms with E-state index in [4.69, 9.17) is 26.3 Å². The third-order valence-corrected chi connectivity index (χ3v) is 7.79. The molecule has 0 aromatic carbocycles. The van der Waals surface area contributed by atoms with Crippen LogP contribution in [0.3, 0.4) is 0 Å². The number of fused-ring (bicyclic) bond motifs is 5. The first-order chi connectivity index (χ1) is 14.7. The Labute approximate surface area is 194 Å². The smallest absolute Gasteiger partial charge is 0.410 e. The van der Waals surface area contributed by atoms with Gasteiger partial charge in [-0.25, -0.2) is 19.7 Å². The van der Waals surface area contributed by atoms with Crippen LogP contribution in [0, 0.1) is 0 Å².